The molecule has 1 heterocycles. The van der Waals surface area contributed by atoms with Gasteiger partial charge in [-0.05, 0) is 64.7 Å². The van der Waals surface area contributed by atoms with Crippen LogP contribution in [0.4, 0.5) is 4.79 Å². The molecule has 0 aromatic heterocycles. The average Bonchev–Trinajstić information content (AvgIpc) is 3.90. The average molecular weight is 789 g/mol. The molecule has 4 fully saturated rings. The third-order valence-corrected chi connectivity index (χ3v) is 15.3. The maximum Gasteiger partial charge on any atom is 0.315 e. The Morgan fingerprint density at radius 3 is 2.13 bits per heavy atom. The fraction of sp³-hybridized carbons (Fsp3) is 0.811. The summed E-state index contributed by atoms with van der Waals surface area (Å²) < 4.78 is 24.4. The number of nitrogens with one attached hydrogen (secondary N) is 4. The zero-order valence-corrected chi connectivity index (χ0v) is 33.6. The van der Waals surface area contributed by atoms with E-state index in [0.29, 0.717) is 25.7 Å². The van der Waals surface area contributed by atoms with Gasteiger partial charge in [0.15, 0.2) is 9.84 Å². The van der Waals surface area contributed by atoms with Crippen LogP contribution in [0.15, 0.2) is 12.7 Å². The Morgan fingerprint density at radius 1 is 0.942 bits per heavy atom. The van der Waals surface area contributed by atoms with E-state index in [2.05, 4.69) is 27.8 Å². The van der Waals surface area contributed by atoms with Crippen molar-refractivity contribution in [1.29, 1.82) is 0 Å². The molecule has 0 radical (unpaired) electrons. The quantitative estimate of drug-likeness (QED) is 0.112. The number of carbonyl (C=O) groups is 5. The number of alkyl halides is 2. The monoisotopic (exact) mass is 787 g/mol. The van der Waals surface area contributed by atoms with Crippen molar-refractivity contribution >= 4 is 62.6 Å². The van der Waals surface area contributed by atoms with Crippen LogP contribution in [-0.2, 0) is 29.0 Å². The number of amides is 5. The van der Waals surface area contributed by atoms with Crippen LogP contribution in [0.25, 0.3) is 0 Å². The van der Waals surface area contributed by atoms with Crippen LogP contribution in [0, 0.1) is 17.8 Å². The van der Waals surface area contributed by atoms with Crippen molar-refractivity contribution in [1.82, 2.24) is 26.2 Å². The van der Waals surface area contributed by atoms with Gasteiger partial charge in [0, 0.05) is 25.4 Å². The van der Waals surface area contributed by atoms with Crippen molar-refractivity contribution in [3.63, 3.8) is 0 Å². The van der Waals surface area contributed by atoms with E-state index < -0.39 is 78.0 Å². The Labute approximate surface area is 319 Å². The molecular formula is C37H59Cl2N5O7S. The molecule has 52 heavy (non-hydrogen) atoms. The third-order valence-electron chi connectivity index (χ3n) is 11.4. The topological polar surface area (TPSA) is 171 Å². The van der Waals surface area contributed by atoms with Crippen molar-refractivity contribution in [2.45, 2.75) is 150 Å². The summed E-state index contributed by atoms with van der Waals surface area (Å²) >= 11 is 13.5. The molecule has 1 saturated heterocycles. The van der Waals surface area contributed by atoms with E-state index in [1.54, 1.807) is 27.7 Å². The molecule has 0 aromatic rings. The first-order valence-corrected chi connectivity index (χ1v) is 21.4. The van der Waals surface area contributed by atoms with E-state index in [4.69, 9.17) is 23.2 Å². The number of nitrogens with zero attached hydrogens (tertiary/aromatic N) is 1. The van der Waals surface area contributed by atoms with Gasteiger partial charge < -0.3 is 26.2 Å². The fourth-order valence-electron chi connectivity index (χ4n) is 7.76. The number of piperidine rings is 1. The largest absolute Gasteiger partial charge is 0.346 e. The maximum absolute atomic E-state index is 14.8. The third kappa shape index (κ3) is 10.9. The molecule has 4 rings (SSSR count). The summed E-state index contributed by atoms with van der Waals surface area (Å²) in [7, 11) is -3.59. The van der Waals surface area contributed by atoms with Crippen LogP contribution in [0.1, 0.15) is 118 Å². The molecule has 12 nitrogen and oxygen atoms in total. The van der Waals surface area contributed by atoms with Crippen molar-refractivity contribution in [3.05, 3.63) is 12.7 Å². The highest BCUT2D eigenvalue weighted by molar-refractivity contribution is 7.92. The number of hydrogen-bond donors (Lipinski definition) is 4. The predicted molar refractivity (Wildman–Crippen MR) is 203 cm³/mol. The molecule has 2 unspecified atom stereocenters. The van der Waals surface area contributed by atoms with Crippen LogP contribution in [-0.4, -0.2) is 94.4 Å². The van der Waals surface area contributed by atoms with E-state index in [0.717, 1.165) is 51.4 Å². The molecule has 0 bridgehead atoms. The normalized spacial score (nSPS) is 24.8. The number of rotatable bonds is 14. The summed E-state index contributed by atoms with van der Waals surface area (Å²) in [6.45, 7) is 10.4. The van der Waals surface area contributed by atoms with Gasteiger partial charge in [0.2, 0.25) is 17.6 Å². The second kappa shape index (κ2) is 17.4. The van der Waals surface area contributed by atoms with E-state index in [-0.39, 0.29) is 43.5 Å². The molecule has 1 aliphatic heterocycles. The number of likely N-dealkylation sites (tertiary alicyclic amines) is 1. The zero-order valence-electron chi connectivity index (χ0n) is 31.2. The molecule has 0 spiro atoms. The zero-order chi connectivity index (χ0) is 38.5. The van der Waals surface area contributed by atoms with Gasteiger partial charge in [-0.1, -0.05) is 64.4 Å². The van der Waals surface area contributed by atoms with Crippen LogP contribution >= 0.6 is 23.2 Å². The molecule has 3 aliphatic carbocycles. The summed E-state index contributed by atoms with van der Waals surface area (Å²) in [5.41, 5.74) is -0.978. The number of urea groups is 1. The minimum absolute atomic E-state index is 0.0191. The molecule has 5 amide bonds. The summed E-state index contributed by atoms with van der Waals surface area (Å²) in [5.74, 6) is -3.41. The van der Waals surface area contributed by atoms with E-state index in [1.807, 2.05) is 0 Å². The summed E-state index contributed by atoms with van der Waals surface area (Å²) in [6.07, 6.45) is 11.0. The highest BCUT2D eigenvalue weighted by Crippen LogP contribution is 2.42. The Morgan fingerprint density at radius 2 is 1.56 bits per heavy atom. The van der Waals surface area contributed by atoms with Gasteiger partial charge >= 0.3 is 6.03 Å². The lowest BCUT2D eigenvalue weighted by Crippen LogP contribution is -2.66. The van der Waals surface area contributed by atoms with Gasteiger partial charge in [0.05, 0.1) is 22.1 Å². The Hall–Kier alpha value is -2.38. The molecule has 4 atom stereocenters. The molecule has 294 valence electrons. The van der Waals surface area contributed by atoms with Crippen LogP contribution in [0.5, 0.6) is 0 Å². The van der Waals surface area contributed by atoms with Gasteiger partial charge in [-0.2, -0.15) is 0 Å². The highest BCUT2D eigenvalue weighted by Gasteiger charge is 2.50. The van der Waals surface area contributed by atoms with Crippen molar-refractivity contribution in [2.24, 2.45) is 17.8 Å². The van der Waals surface area contributed by atoms with Crippen LogP contribution < -0.4 is 21.3 Å². The second-order valence-corrected chi connectivity index (χ2v) is 20.9. The minimum atomic E-state index is -3.59. The molecular weight excluding hydrogens is 729 g/mol. The summed E-state index contributed by atoms with van der Waals surface area (Å²) in [6, 6.07) is -3.91. The number of halogens is 2. The standard InChI is InChI=1S/C37H59Cl2N5O7S/c1-6-19-40-32(47)30(45)27(20-25-15-16-25)41-31(46)28-21-37(38,39)24(2)22-44(28)33(48)29(26-13-9-7-10-14-26)42-34(49)43-36(17-11-8-12-18-36)23-52(50,51)35(3,4)5/h6,24-29H,1,7-23H2,2-5H3,(H,40,47)(H,41,46)(H2,42,43,49)/t24?,27?,28-,29-/m0/s1. The van der Waals surface area contributed by atoms with Gasteiger partial charge in [-0.25, -0.2) is 13.2 Å². The predicted octanol–water partition coefficient (Wildman–Crippen LogP) is 4.72. The lowest BCUT2D eigenvalue weighted by Gasteiger charge is -2.46. The number of carbonyl (C=O) groups excluding carboxylic acids is 5. The number of ketones is 1. The second-order valence-electron chi connectivity index (χ2n) is 16.7. The lowest BCUT2D eigenvalue weighted by atomic mass is 9.82. The van der Waals surface area contributed by atoms with E-state index >= 15 is 0 Å². The van der Waals surface area contributed by atoms with Crippen molar-refractivity contribution in [2.75, 3.05) is 18.8 Å². The number of hydrogen-bond acceptors (Lipinski definition) is 7. The molecule has 3 saturated carbocycles. The SMILES string of the molecule is C=CCNC(=O)C(=O)C(CC1CC1)NC(=O)[C@@H]1CC(Cl)(Cl)C(C)CN1C(=O)[C@@H](NC(=O)NC1(CS(=O)(=O)C(C)(C)C)CCCCC1)C1CCCCC1. The Balaban J connectivity index is 1.60. The number of Topliss-reactive ketones (excluding diaryl/α,β-unsaturated/α-hetero) is 1. The maximum atomic E-state index is 14.8. The number of sulfone groups is 1. The highest BCUT2D eigenvalue weighted by atomic mass is 35.5. The Kier molecular flexibility index (Phi) is 14.2. The first-order chi connectivity index (χ1) is 24.3. The molecule has 15 heteroatoms. The van der Waals surface area contributed by atoms with Crippen molar-refractivity contribution in [3.8, 4) is 0 Å². The Bertz CT molecular complexity index is 1450. The molecule has 4 aliphatic rings. The summed E-state index contributed by atoms with van der Waals surface area (Å²) in [5, 5.41) is 11.2. The van der Waals surface area contributed by atoms with E-state index in [9.17, 15) is 32.4 Å². The van der Waals surface area contributed by atoms with Gasteiger partial charge in [0.25, 0.3) is 5.91 Å². The smallest absolute Gasteiger partial charge is 0.315 e. The first kappa shape index (κ1) is 42.4. The lowest BCUT2D eigenvalue weighted by molar-refractivity contribution is -0.147. The van der Waals surface area contributed by atoms with Crippen LogP contribution in [0.2, 0.25) is 0 Å². The van der Waals surface area contributed by atoms with Crippen molar-refractivity contribution < 1.29 is 32.4 Å². The van der Waals surface area contributed by atoms with Gasteiger partial charge in [-0.15, -0.1) is 29.8 Å². The fourth-order valence-corrected chi connectivity index (χ4v) is 9.71. The van der Waals surface area contributed by atoms with Crippen LogP contribution in [0.3, 0.4) is 0 Å². The first-order valence-electron chi connectivity index (χ1n) is 19.0. The van der Waals surface area contributed by atoms with Gasteiger partial charge in [0.1, 0.15) is 16.4 Å². The van der Waals surface area contributed by atoms with Gasteiger partial charge in [-0.3, -0.25) is 19.2 Å². The molecule has 0 aromatic carbocycles. The molecule has 4 N–H and O–H groups in total. The minimum Gasteiger partial charge on any atom is -0.346 e. The van der Waals surface area contributed by atoms with E-state index in [1.165, 1.54) is 11.0 Å². The summed E-state index contributed by atoms with van der Waals surface area (Å²) in [4.78, 5) is 70.1.